The van der Waals surface area contributed by atoms with Crippen molar-refractivity contribution in [3.05, 3.63) is 72.9 Å². The molecule has 24 heteroatoms. The zero-order chi connectivity index (χ0) is 55.1. The molecule has 0 heterocycles. The highest BCUT2D eigenvalue weighted by Crippen LogP contribution is 2.22. The predicted molar refractivity (Wildman–Crippen MR) is 251 cm³/mol. The van der Waals surface area contributed by atoms with E-state index in [-0.39, 0.29) is 33.4 Å². The Balaban J connectivity index is 7.63. The van der Waals surface area contributed by atoms with Gasteiger partial charge in [-0.2, -0.15) is 0 Å². The van der Waals surface area contributed by atoms with E-state index in [1.165, 1.54) is 41.5 Å². The molecule has 0 aliphatic rings. The van der Waals surface area contributed by atoms with Crippen molar-refractivity contribution in [2.24, 2.45) is 0 Å². The van der Waals surface area contributed by atoms with E-state index in [0.29, 0.717) is 0 Å². The monoisotopic (exact) mass is 1030 g/mol. The Kier molecular flexibility index (Phi) is 34.0. The first-order valence-electron chi connectivity index (χ1n) is 22.3. The molecule has 10 atom stereocenters. The van der Waals surface area contributed by atoms with Crippen LogP contribution in [0.1, 0.15) is 41.5 Å². The molecule has 6 unspecified atom stereocenters. The standard InChI is InChI=1S/C48H74O24/c1-27(2)43(55)67-19-33(49)13-61-25-39(63-15-35(51)21-69-45(57)29(5)6)41(65-17-37(53)23-71-47(59)31(9)10)42(66-18-38(54)24-72-48(60)32(11)12)40(64-16-36(52)22-70-46(58)30(7)8)26-62-14-34(50)20-68-44(56)28(3)4/h33-42,49-54H,1,3,5,7,9,11,13-26H2,2,4,6,8,10,12H3/t33?,34?,35?,36?,37?,38?,39-,40+,41+,42-. The highest BCUT2D eigenvalue weighted by atomic mass is 16.6. The van der Waals surface area contributed by atoms with Crippen molar-refractivity contribution >= 4 is 35.8 Å². The molecule has 0 amide bonds. The maximum absolute atomic E-state index is 12.2. The summed E-state index contributed by atoms with van der Waals surface area (Å²) in [6, 6.07) is 0. The lowest BCUT2D eigenvalue weighted by Crippen LogP contribution is -2.55. The first-order valence-corrected chi connectivity index (χ1v) is 22.3. The highest BCUT2D eigenvalue weighted by Gasteiger charge is 2.40. The molecule has 0 radical (unpaired) electrons. The van der Waals surface area contributed by atoms with Crippen molar-refractivity contribution in [3.8, 4) is 0 Å². The lowest BCUT2D eigenvalue weighted by atomic mass is 10.0. The Morgan fingerprint density at radius 2 is 0.472 bits per heavy atom. The highest BCUT2D eigenvalue weighted by molar-refractivity contribution is 5.88. The van der Waals surface area contributed by atoms with Gasteiger partial charge in [0.25, 0.3) is 0 Å². The van der Waals surface area contributed by atoms with Crippen LogP contribution in [0.2, 0.25) is 0 Å². The van der Waals surface area contributed by atoms with Gasteiger partial charge in [-0.15, -0.1) is 0 Å². The minimum atomic E-state index is -1.68. The Hall–Kier alpha value is -5.22. The second-order valence-corrected chi connectivity index (χ2v) is 16.6. The predicted octanol–water partition coefficient (Wildman–Crippen LogP) is -0.558. The maximum Gasteiger partial charge on any atom is 0.333 e. The summed E-state index contributed by atoms with van der Waals surface area (Å²) >= 11 is 0. The molecule has 0 aromatic rings. The molecule has 72 heavy (non-hydrogen) atoms. The van der Waals surface area contributed by atoms with Gasteiger partial charge in [0.1, 0.15) is 101 Å². The maximum atomic E-state index is 12.2. The summed E-state index contributed by atoms with van der Waals surface area (Å²) in [5.41, 5.74) is 0.152. The number of hydrogen-bond acceptors (Lipinski definition) is 24. The molecule has 0 aliphatic carbocycles. The van der Waals surface area contributed by atoms with Crippen molar-refractivity contribution in [3.63, 3.8) is 0 Å². The number of esters is 6. The van der Waals surface area contributed by atoms with Crippen LogP contribution in [0.5, 0.6) is 0 Å². The molecule has 0 fully saturated rings. The van der Waals surface area contributed by atoms with Gasteiger partial charge in [0, 0.05) is 33.4 Å². The Bertz CT molecular complexity index is 1680. The molecular weight excluding hydrogens is 961 g/mol. The summed E-state index contributed by atoms with van der Waals surface area (Å²) in [6.45, 7) is 20.5. The lowest BCUT2D eigenvalue weighted by Gasteiger charge is -2.38. The van der Waals surface area contributed by atoms with Gasteiger partial charge in [0.15, 0.2) is 0 Å². The first-order chi connectivity index (χ1) is 33.7. The zero-order valence-electron chi connectivity index (χ0n) is 41.9. The number of rotatable bonds is 41. The molecule has 0 aliphatic heterocycles. The molecule has 0 saturated carbocycles. The van der Waals surface area contributed by atoms with Crippen LogP contribution in [0.25, 0.3) is 0 Å². The summed E-state index contributed by atoms with van der Waals surface area (Å²) in [4.78, 5) is 72.7. The topological polar surface area (TPSA) is 335 Å². The summed E-state index contributed by atoms with van der Waals surface area (Å²) in [7, 11) is 0. The van der Waals surface area contributed by atoms with Crippen LogP contribution in [0.3, 0.4) is 0 Å². The van der Waals surface area contributed by atoms with Crippen molar-refractivity contribution in [2.45, 2.75) is 103 Å². The quantitative estimate of drug-likeness (QED) is 0.0254. The van der Waals surface area contributed by atoms with Crippen LogP contribution < -0.4 is 0 Å². The fraction of sp³-hybridized carbons (Fsp3) is 0.625. The van der Waals surface area contributed by atoms with Crippen LogP contribution in [-0.4, -0.2) is 220 Å². The molecule has 0 rings (SSSR count). The van der Waals surface area contributed by atoms with Crippen molar-refractivity contribution in [1.82, 2.24) is 0 Å². The van der Waals surface area contributed by atoms with E-state index < -0.39 is 189 Å². The van der Waals surface area contributed by atoms with E-state index in [1.807, 2.05) is 0 Å². The van der Waals surface area contributed by atoms with Crippen molar-refractivity contribution in [1.29, 1.82) is 0 Å². The summed E-state index contributed by atoms with van der Waals surface area (Å²) < 4.78 is 66.5. The number of carbonyl (C=O) groups excluding carboxylic acids is 6. The summed E-state index contributed by atoms with van der Waals surface area (Å²) in [5, 5.41) is 65.1. The van der Waals surface area contributed by atoms with Crippen LogP contribution in [0, 0.1) is 0 Å². The average molecular weight is 1040 g/mol. The van der Waals surface area contributed by atoms with Crippen LogP contribution in [0.15, 0.2) is 72.9 Å². The number of carbonyl (C=O) groups is 6. The number of aliphatic hydroxyl groups excluding tert-OH is 6. The van der Waals surface area contributed by atoms with Gasteiger partial charge < -0.3 is 87.5 Å². The first kappa shape index (κ1) is 66.8. The van der Waals surface area contributed by atoms with Crippen molar-refractivity contribution < 1.29 is 116 Å². The molecule has 0 aromatic carbocycles. The second kappa shape index (κ2) is 36.7. The Morgan fingerprint density at radius 1 is 0.292 bits per heavy atom. The van der Waals surface area contributed by atoms with E-state index in [0.717, 1.165) is 0 Å². The molecule has 24 nitrogen and oxygen atoms in total. The molecular formula is C48H74O24. The Labute approximate surface area is 419 Å². The third-order valence-electron chi connectivity index (χ3n) is 8.74. The van der Waals surface area contributed by atoms with Crippen LogP contribution >= 0.6 is 0 Å². The number of ether oxygens (including phenoxy) is 12. The molecule has 0 aromatic heterocycles. The molecule has 0 spiro atoms. The SMILES string of the molecule is C=C(C)C(=O)OCC(O)COC[C@H](OCC(O)COC(=O)C(=C)C)[C@@H](OCC(O)COC(=O)C(=C)C)[C@@H](OCC(O)COC(=O)C(=C)C)[C@@H](COCC(O)COC(=O)C(=C)C)OCC(O)COC(=O)C(=C)C. The number of aliphatic hydroxyl groups is 6. The Morgan fingerprint density at radius 3 is 0.667 bits per heavy atom. The van der Waals surface area contributed by atoms with E-state index in [1.54, 1.807) is 0 Å². The largest absolute Gasteiger partial charge is 0.460 e. The van der Waals surface area contributed by atoms with E-state index in [4.69, 9.17) is 56.8 Å². The lowest BCUT2D eigenvalue weighted by molar-refractivity contribution is -0.219. The van der Waals surface area contributed by atoms with Crippen molar-refractivity contribution in [2.75, 3.05) is 92.5 Å². The van der Waals surface area contributed by atoms with Gasteiger partial charge in [-0.3, -0.25) is 0 Å². The summed E-state index contributed by atoms with van der Waals surface area (Å²) in [5.74, 6) is -5.00. The minimum absolute atomic E-state index is 0.00676. The zero-order valence-corrected chi connectivity index (χ0v) is 41.9. The summed E-state index contributed by atoms with van der Waals surface area (Å²) in [6.07, 6.45) is -15.6. The smallest absolute Gasteiger partial charge is 0.333 e. The average Bonchev–Trinajstić information content (AvgIpc) is 3.31. The minimum Gasteiger partial charge on any atom is -0.460 e. The second-order valence-electron chi connectivity index (χ2n) is 16.6. The third kappa shape index (κ3) is 30.6. The molecule has 410 valence electrons. The fourth-order valence-corrected chi connectivity index (χ4v) is 4.92. The fourth-order valence-electron chi connectivity index (χ4n) is 4.92. The molecule has 0 saturated heterocycles. The van der Waals surface area contributed by atoms with Gasteiger partial charge in [-0.1, -0.05) is 39.5 Å². The van der Waals surface area contributed by atoms with E-state index >= 15 is 0 Å². The molecule has 0 bridgehead atoms. The van der Waals surface area contributed by atoms with Gasteiger partial charge >= 0.3 is 35.8 Å². The van der Waals surface area contributed by atoms with Gasteiger partial charge in [-0.25, -0.2) is 28.8 Å². The van der Waals surface area contributed by atoms with Gasteiger partial charge in [-0.05, 0) is 41.5 Å². The van der Waals surface area contributed by atoms with Crippen LogP contribution in [-0.2, 0) is 85.6 Å². The normalized spacial score (nSPS) is 15.3. The van der Waals surface area contributed by atoms with E-state index in [2.05, 4.69) is 39.5 Å². The number of hydrogen-bond donors (Lipinski definition) is 6. The third-order valence-corrected chi connectivity index (χ3v) is 8.74. The van der Waals surface area contributed by atoms with Gasteiger partial charge in [0.05, 0.1) is 52.9 Å². The van der Waals surface area contributed by atoms with Crippen LogP contribution in [0.4, 0.5) is 0 Å². The van der Waals surface area contributed by atoms with Gasteiger partial charge in [0.2, 0.25) is 0 Å². The van der Waals surface area contributed by atoms with E-state index in [9.17, 15) is 59.4 Å². The molecule has 6 N–H and O–H groups in total.